The third kappa shape index (κ3) is 3.17. The van der Waals surface area contributed by atoms with E-state index in [1.165, 1.54) is 17.0 Å². The SMILES string of the molecule is O=C(Oc1c2nccnc2c(O)n1-c1ccc2ccc(Cl)cc2n1)N1CCNCC1. The van der Waals surface area contributed by atoms with Crippen LogP contribution in [0.15, 0.2) is 42.7 Å². The van der Waals surface area contributed by atoms with Gasteiger partial charge in [0.05, 0.1) is 5.52 Å². The zero-order chi connectivity index (χ0) is 20.7. The largest absolute Gasteiger partial charge is 0.493 e. The summed E-state index contributed by atoms with van der Waals surface area (Å²) in [5.74, 6) is 0.202. The molecule has 9 nitrogen and oxygen atoms in total. The first-order valence-corrected chi connectivity index (χ1v) is 9.78. The van der Waals surface area contributed by atoms with Crippen molar-refractivity contribution < 1.29 is 14.6 Å². The van der Waals surface area contributed by atoms with Crippen molar-refractivity contribution >= 4 is 39.6 Å². The molecule has 0 bridgehead atoms. The standard InChI is InChI=1S/C20H17ClN6O3/c21-13-3-1-12-2-4-15(25-14(12)11-13)27-18(28)16-17(24-6-5-23-16)19(27)30-20(29)26-9-7-22-8-10-26/h1-6,11,22,28H,7-10H2. The molecule has 4 aromatic rings. The van der Waals surface area contributed by atoms with Crippen LogP contribution >= 0.6 is 11.6 Å². The number of benzene rings is 1. The van der Waals surface area contributed by atoms with Crippen LogP contribution in [0.5, 0.6) is 11.8 Å². The van der Waals surface area contributed by atoms with Gasteiger partial charge in [-0.05, 0) is 24.3 Å². The third-order valence-electron chi connectivity index (χ3n) is 4.96. The van der Waals surface area contributed by atoms with Crippen molar-refractivity contribution in [3.63, 3.8) is 0 Å². The fourth-order valence-electron chi connectivity index (χ4n) is 3.47. The van der Waals surface area contributed by atoms with Crippen LogP contribution in [0.3, 0.4) is 0 Å². The number of amides is 1. The Kier molecular flexibility index (Phi) is 4.61. The van der Waals surface area contributed by atoms with Gasteiger partial charge in [-0.3, -0.25) is 0 Å². The number of fused-ring (bicyclic) bond motifs is 2. The second-order valence-corrected chi connectivity index (χ2v) is 7.27. The summed E-state index contributed by atoms with van der Waals surface area (Å²) in [5.41, 5.74) is 1.12. The van der Waals surface area contributed by atoms with E-state index in [9.17, 15) is 9.90 Å². The molecular weight excluding hydrogens is 408 g/mol. The molecule has 1 aromatic carbocycles. The first-order chi connectivity index (χ1) is 14.6. The number of aromatic hydroxyl groups is 1. The fraction of sp³-hybridized carbons (Fsp3) is 0.200. The Balaban J connectivity index is 1.65. The summed E-state index contributed by atoms with van der Waals surface area (Å²) in [7, 11) is 0. The van der Waals surface area contributed by atoms with E-state index in [2.05, 4.69) is 20.3 Å². The monoisotopic (exact) mass is 424 g/mol. The molecule has 1 saturated heterocycles. The lowest BCUT2D eigenvalue weighted by Gasteiger charge is -2.26. The highest BCUT2D eigenvalue weighted by molar-refractivity contribution is 6.31. The topological polar surface area (TPSA) is 105 Å². The lowest BCUT2D eigenvalue weighted by Crippen LogP contribution is -2.47. The van der Waals surface area contributed by atoms with Gasteiger partial charge in [-0.25, -0.2) is 24.3 Å². The molecule has 4 heterocycles. The summed E-state index contributed by atoms with van der Waals surface area (Å²) >= 11 is 6.10. The molecule has 0 saturated carbocycles. The molecule has 3 aromatic heterocycles. The lowest BCUT2D eigenvalue weighted by molar-refractivity contribution is 0.143. The summed E-state index contributed by atoms with van der Waals surface area (Å²) in [5, 5.41) is 15.5. The molecule has 1 fully saturated rings. The number of aromatic nitrogens is 4. The Morgan fingerprint density at radius 1 is 1.10 bits per heavy atom. The number of pyridine rings is 1. The number of nitrogens with zero attached hydrogens (tertiary/aromatic N) is 5. The van der Waals surface area contributed by atoms with Crippen molar-refractivity contribution in [1.29, 1.82) is 0 Å². The molecular formula is C20H17ClN6O3. The van der Waals surface area contributed by atoms with Crippen molar-refractivity contribution in [2.75, 3.05) is 26.2 Å². The van der Waals surface area contributed by atoms with Crippen LogP contribution in [0.1, 0.15) is 0 Å². The van der Waals surface area contributed by atoms with E-state index < -0.39 is 6.09 Å². The Morgan fingerprint density at radius 2 is 1.83 bits per heavy atom. The summed E-state index contributed by atoms with van der Waals surface area (Å²) in [4.78, 5) is 27.4. The molecule has 0 spiro atoms. The Labute approximate surface area is 175 Å². The van der Waals surface area contributed by atoms with Crippen LogP contribution < -0.4 is 10.1 Å². The fourth-order valence-corrected chi connectivity index (χ4v) is 3.64. The van der Waals surface area contributed by atoms with Gasteiger partial charge in [-0.15, -0.1) is 0 Å². The van der Waals surface area contributed by atoms with E-state index >= 15 is 0 Å². The maximum atomic E-state index is 12.8. The molecule has 0 aliphatic carbocycles. The maximum absolute atomic E-state index is 12.8. The molecule has 1 amide bonds. The number of carbonyl (C=O) groups excluding carboxylic acids is 1. The third-order valence-corrected chi connectivity index (χ3v) is 5.19. The summed E-state index contributed by atoms with van der Waals surface area (Å²) in [6.45, 7) is 2.44. The molecule has 1 aliphatic rings. The highest BCUT2D eigenvalue weighted by atomic mass is 35.5. The van der Waals surface area contributed by atoms with E-state index in [0.29, 0.717) is 42.5 Å². The van der Waals surface area contributed by atoms with Crippen molar-refractivity contribution in [2.45, 2.75) is 0 Å². The smallest absolute Gasteiger partial charge is 0.416 e. The number of piperazine rings is 1. The molecule has 0 radical (unpaired) electrons. The number of halogens is 1. The van der Waals surface area contributed by atoms with Gasteiger partial charge < -0.3 is 20.1 Å². The highest BCUT2D eigenvalue weighted by Gasteiger charge is 2.27. The Morgan fingerprint density at radius 3 is 2.63 bits per heavy atom. The van der Waals surface area contributed by atoms with Crippen LogP contribution in [0.25, 0.3) is 27.8 Å². The van der Waals surface area contributed by atoms with Crippen LogP contribution in [0.2, 0.25) is 5.02 Å². The number of ether oxygens (including phenoxy) is 1. The van der Waals surface area contributed by atoms with Crippen LogP contribution in [0.4, 0.5) is 4.79 Å². The first-order valence-electron chi connectivity index (χ1n) is 9.40. The van der Waals surface area contributed by atoms with E-state index in [4.69, 9.17) is 16.3 Å². The first kappa shape index (κ1) is 18.6. The van der Waals surface area contributed by atoms with Crippen LogP contribution in [-0.4, -0.2) is 61.8 Å². The minimum atomic E-state index is -0.522. The normalized spacial score (nSPS) is 14.4. The van der Waals surface area contributed by atoms with E-state index in [0.717, 1.165) is 5.39 Å². The molecule has 30 heavy (non-hydrogen) atoms. The van der Waals surface area contributed by atoms with Gasteiger partial charge in [-0.2, -0.15) is 0 Å². The number of hydrogen-bond acceptors (Lipinski definition) is 7. The zero-order valence-corrected chi connectivity index (χ0v) is 16.5. The molecule has 152 valence electrons. The molecule has 5 rings (SSSR count). The molecule has 0 unspecified atom stereocenters. The van der Waals surface area contributed by atoms with E-state index in [1.54, 1.807) is 23.1 Å². The van der Waals surface area contributed by atoms with Crippen molar-refractivity contribution in [2.24, 2.45) is 0 Å². The Hall–Kier alpha value is -3.43. The quantitative estimate of drug-likeness (QED) is 0.509. The predicted octanol–water partition coefficient (Wildman–Crippen LogP) is 2.73. The van der Waals surface area contributed by atoms with Gasteiger partial charge in [0.15, 0.2) is 11.0 Å². The van der Waals surface area contributed by atoms with E-state index in [-0.39, 0.29) is 22.8 Å². The number of rotatable bonds is 2. The predicted molar refractivity (Wildman–Crippen MR) is 111 cm³/mol. The Bertz CT molecular complexity index is 1270. The average Bonchev–Trinajstić information content (AvgIpc) is 3.05. The van der Waals surface area contributed by atoms with Crippen molar-refractivity contribution in [3.05, 3.63) is 47.7 Å². The average molecular weight is 425 g/mol. The number of carbonyl (C=O) groups is 1. The van der Waals surface area contributed by atoms with E-state index in [1.807, 2.05) is 12.1 Å². The number of nitrogens with one attached hydrogen (secondary N) is 1. The summed E-state index contributed by atoms with van der Waals surface area (Å²) in [6, 6.07) is 8.93. The molecule has 2 N–H and O–H groups in total. The van der Waals surface area contributed by atoms with Crippen molar-refractivity contribution in [3.8, 4) is 17.6 Å². The maximum Gasteiger partial charge on any atom is 0.416 e. The zero-order valence-electron chi connectivity index (χ0n) is 15.7. The summed E-state index contributed by atoms with van der Waals surface area (Å²) in [6.07, 6.45) is 2.41. The van der Waals surface area contributed by atoms with Crippen molar-refractivity contribution in [1.82, 2.24) is 29.7 Å². The van der Waals surface area contributed by atoms with Gasteiger partial charge >= 0.3 is 6.09 Å². The second kappa shape index (κ2) is 7.43. The van der Waals surface area contributed by atoms with Crippen LogP contribution in [0, 0.1) is 0 Å². The molecule has 1 aliphatic heterocycles. The highest BCUT2D eigenvalue weighted by Crippen LogP contribution is 2.37. The van der Waals surface area contributed by atoms with Crippen LogP contribution in [-0.2, 0) is 0 Å². The lowest BCUT2D eigenvalue weighted by atomic mass is 10.2. The van der Waals surface area contributed by atoms with Gasteiger partial charge in [-0.1, -0.05) is 17.7 Å². The van der Waals surface area contributed by atoms with Gasteiger partial charge in [0.1, 0.15) is 5.82 Å². The van der Waals surface area contributed by atoms with Gasteiger partial charge in [0, 0.05) is 49.0 Å². The molecule has 10 heteroatoms. The second-order valence-electron chi connectivity index (χ2n) is 6.83. The van der Waals surface area contributed by atoms with Gasteiger partial charge in [0.2, 0.25) is 11.8 Å². The minimum Gasteiger partial charge on any atom is -0.493 e. The van der Waals surface area contributed by atoms with Gasteiger partial charge in [0.25, 0.3) is 0 Å². The summed E-state index contributed by atoms with van der Waals surface area (Å²) < 4.78 is 7.04. The molecule has 0 atom stereocenters. The minimum absolute atomic E-state index is 0.0630. The number of hydrogen-bond donors (Lipinski definition) is 2.